The smallest absolute Gasteiger partial charge is 0.0415 e. The molecular formula is C12H19NS. The van der Waals surface area contributed by atoms with Crippen molar-refractivity contribution in [2.45, 2.75) is 38.6 Å². The van der Waals surface area contributed by atoms with E-state index in [-0.39, 0.29) is 0 Å². The van der Waals surface area contributed by atoms with E-state index in [4.69, 9.17) is 0 Å². The van der Waals surface area contributed by atoms with E-state index >= 15 is 0 Å². The highest BCUT2D eigenvalue weighted by atomic mass is 32.1. The highest BCUT2D eigenvalue weighted by molar-refractivity contribution is 7.12. The van der Waals surface area contributed by atoms with Gasteiger partial charge in [-0.3, -0.25) is 0 Å². The predicted molar refractivity (Wildman–Crippen MR) is 62.8 cm³/mol. The molecule has 1 aromatic rings. The van der Waals surface area contributed by atoms with Crippen LogP contribution in [0.5, 0.6) is 0 Å². The lowest BCUT2D eigenvalue weighted by Gasteiger charge is -2.29. The molecule has 1 unspecified atom stereocenters. The Bertz CT molecular complexity index is 288. The van der Waals surface area contributed by atoms with E-state index in [0.29, 0.717) is 6.04 Å². The Hall–Kier alpha value is -0.340. The summed E-state index contributed by atoms with van der Waals surface area (Å²) in [6.45, 7) is 2.18. The Labute approximate surface area is 90.5 Å². The molecule has 0 saturated heterocycles. The van der Waals surface area contributed by atoms with Gasteiger partial charge in [-0.15, -0.1) is 11.3 Å². The van der Waals surface area contributed by atoms with Crippen LogP contribution in [0.3, 0.4) is 0 Å². The van der Waals surface area contributed by atoms with Gasteiger partial charge < -0.3 is 5.32 Å². The van der Waals surface area contributed by atoms with Crippen molar-refractivity contribution in [2.24, 2.45) is 5.92 Å². The van der Waals surface area contributed by atoms with Gasteiger partial charge in [0.1, 0.15) is 0 Å². The Morgan fingerprint density at radius 1 is 1.50 bits per heavy atom. The molecule has 1 atom stereocenters. The molecule has 2 rings (SSSR count). The van der Waals surface area contributed by atoms with Gasteiger partial charge in [0.05, 0.1) is 0 Å². The largest absolute Gasteiger partial charge is 0.312 e. The van der Waals surface area contributed by atoms with Crippen molar-refractivity contribution in [1.29, 1.82) is 0 Å². The van der Waals surface area contributed by atoms with E-state index in [9.17, 15) is 0 Å². The Morgan fingerprint density at radius 2 is 2.29 bits per heavy atom. The minimum absolute atomic E-state index is 0.596. The molecule has 1 fully saturated rings. The molecule has 0 bridgehead atoms. The molecular weight excluding hydrogens is 190 g/mol. The van der Waals surface area contributed by atoms with Crippen LogP contribution in [-0.4, -0.2) is 7.05 Å². The molecule has 1 saturated carbocycles. The summed E-state index contributed by atoms with van der Waals surface area (Å²) in [6, 6.07) is 5.10. The first-order valence-corrected chi connectivity index (χ1v) is 6.35. The van der Waals surface area contributed by atoms with E-state index in [1.165, 1.54) is 35.4 Å². The van der Waals surface area contributed by atoms with E-state index in [1.54, 1.807) is 0 Å². The van der Waals surface area contributed by atoms with Gasteiger partial charge in [0, 0.05) is 15.8 Å². The second-order valence-corrected chi connectivity index (χ2v) is 5.64. The summed E-state index contributed by atoms with van der Waals surface area (Å²) >= 11 is 1.93. The summed E-state index contributed by atoms with van der Waals surface area (Å²) in [7, 11) is 2.08. The first kappa shape index (κ1) is 10.2. The number of nitrogens with one attached hydrogen (secondary N) is 1. The molecule has 2 heteroatoms. The molecule has 78 valence electrons. The maximum absolute atomic E-state index is 3.44. The van der Waals surface area contributed by atoms with Gasteiger partial charge in [-0.1, -0.05) is 19.3 Å². The van der Waals surface area contributed by atoms with Gasteiger partial charge in [0.25, 0.3) is 0 Å². The molecule has 1 heterocycles. The minimum Gasteiger partial charge on any atom is -0.312 e. The molecule has 0 amide bonds. The standard InChI is InChI=1S/C12H19NS/c1-9-6-7-12(14-9)11(13-2)8-10-4-3-5-10/h6-7,10-11,13H,3-5,8H2,1-2H3. The topological polar surface area (TPSA) is 12.0 Å². The zero-order chi connectivity index (χ0) is 9.97. The third kappa shape index (κ3) is 2.18. The molecule has 0 aromatic carbocycles. The lowest BCUT2D eigenvalue weighted by molar-refractivity contribution is 0.267. The first-order chi connectivity index (χ1) is 6.79. The number of rotatable bonds is 4. The molecule has 1 aliphatic carbocycles. The molecule has 0 radical (unpaired) electrons. The number of hydrogen-bond donors (Lipinski definition) is 1. The van der Waals surface area contributed by atoms with Crippen molar-refractivity contribution in [3.63, 3.8) is 0 Å². The third-order valence-electron chi connectivity index (χ3n) is 3.25. The second kappa shape index (κ2) is 4.45. The highest BCUT2D eigenvalue weighted by Crippen LogP contribution is 2.36. The molecule has 1 N–H and O–H groups in total. The lowest BCUT2D eigenvalue weighted by atomic mass is 9.80. The normalized spacial score (nSPS) is 19.3. The summed E-state index contributed by atoms with van der Waals surface area (Å²) in [5, 5.41) is 3.44. The number of hydrogen-bond acceptors (Lipinski definition) is 2. The quantitative estimate of drug-likeness (QED) is 0.800. The second-order valence-electron chi connectivity index (χ2n) is 4.32. The van der Waals surface area contributed by atoms with E-state index < -0.39 is 0 Å². The minimum atomic E-state index is 0.596. The van der Waals surface area contributed by atoms with Crippen LogP contribution in [0.15, 0.2) is 12.1 Å². The summed E-state index contributed by atoms with van der Waals surface area (Å²) in [5.74, 6) is 0.981. The molecule has 1 aromatic heterocycles. The number of thiophene rings is 1. The predicted octanol–water partition coefficient (Wildman–Crippen LogP) is 3.51. The van der Waals surface area contributed by atoms with Gasteiger partial charge in [0.2, 0.25) is 0 Å². The maximum atomic E-state index is 3.44. The molecule has 0 aliphatic heterocycles. The monoisotopic (exact) mass is 209 g/mol. The van der Waals surface area contributed by atoms with Crippen LogP contribution in [-0.2, 0) is 0 Å². The van der Waals surface area contributed by atoms with Crippen LogP contribution in [0.2, 0.25) is 0 Å². The molecule has 1 nitrogen and oxygen atoms in total. The van der Waals surface area contributed by atoms with Crippen LogP contribution >= 0.6 is 11.3 Å². The van der Waals surface area contributed by atoms with Crippen molar-refractivity contribution >= 4 is 11.3 Å². The van der Waals surface area contributed by atoms with E-state index in [1.807, 2.05) is 11.3 Å². The van der Waals surface area contributed by atoms with Gasteiger partial charge in [-0.05, 0) is 38.4 Å². The fraction of sp³-hybridized carbons (Fsp3) is 0.667. The summed E-state index contributed by atoms with van der Waals surface area (Å²) in [4.78, 5) is 2.94. The molecule has 1 aliphatic rings. The van der Waals surface area contributed by atoms with Crippen molar-refractivity contribution in [3.8, 4) is 0 Å². The van der Waals surface area contributed by atoms with Crippen molar-refractivity contribution in [1.82, 2.24) is 5.32 Å². The zero-order valence-electron chi connectivity index (χ0n) is 9.05. The average Bonchev–Trinajstić information content (AvgIpc) is 2.50. The van der Waals surface area contributed by atoms with Crippen molar-refractivity contribution in [2.75, 3.05) is 7.05 Å². The Balaban J connectivity index is 1.97. The van der Waals surface area contributed by atoms with Gasteiger partial charge in [0.15, 0.2) is 0 Å². The Morgan fingerprint density at radius 3 is 2.71 bits per heavy atom. The van der Waals surface area contributed by atoms with Gasteiger partial charge in [-0.2, -0.15) is 0 Å². The van der Waals surface area contributed by atoms with Crippen LogP contribution in [0, 0.1) is 12.8 Å². The summed E-state index contributed by atoms with van der Waals surface area (Å²) < 4.78 is 0. The summed E-state index contributed by atoms with van der Waals surface area (Å²) in [5.41, 5.74) is 0. The zero-order valence-corrected chi connectivity index (χ0v) is 9.86. The fourth-order valence-corrected chi connectivity index (χ4v) is 3.08. The SMILES string of the molecule is CNC(CC1CCC1)c1ccc(C)s1. The third-order valence-corrected chi connectivity index (χ3v) is 4.36. The number of aryl methyl sites for hydroxylation is 1. The van der Waals surface area contributed by atoms with Crippen LogP contribution in [0.1, 0.15) is 41.5 Å². The first-order valence-electron chi connectivity index (χ1n) is 5.53. The Kier molecular flexibility index (Phi) is 3.24. The van der Waals surface area contributed by atoms with Crippen molar-refractivity contribution < 1.29 is 0 Å². The van der Waals surface area contributed by atoms with Crippen LogP contribution in [0.4, 0.5) is 0 Å². The van der Waals surface area contributed by atoms with E-state index in [0.717, 1.165) is 5.92 Å². The fourth-order valence-electron chi connectivity index (χ4n) is 2.08. The van der Waals surface area contributed by atoms with E-state index in [2.05, 4.69) is 31.4 Å². The lowest BCUT2D eigenvalue weighted by Crippen LogP contribution is -2.22. The molecule has 14 heavy (non-hydrogen) atoms. The van der Waals surface area contributed by atoms with Crippen molar-refractivity contribution in [3.05, 3.63) is 21.9 Å². The van der Waals surface area contributed by atoms with Crippen LogP contribution in [0.25, 0.3) is 0 Å². The summed E-state index contributed by atoms with van der Waals surface area (Å²) in [6.07, 6.45) is 5.67. The molecule has 0 spiro atoms. The maximum Gasteiger partial charge on any atom is 0.0415 e. The highest BCUT2D eigenvalue weighted by Gasteiger charge is 2.22. The van der Waals surface area contributed by atoms with Gasteiger partial charge in [-0.25, -0.2) is 0 Å². The van der Waals surface area contributed by atoms with Crippen LogP contribution < -0.4 is 5.32 Å². The average molecular weight is 209 g/mol. The van der Waals surface area contributed by atoms with Gasteiger partial charge >= 0.3 is 0 Å².